The van der Waals surface area contributed by atoms with E-state index in [1.54, 1.807) is 6.92 Å². The van der Waals surface area contributed by atoms with Gasteiger partial charge in [0.2, 0.25) is 0 Å². The molecule has 1 N–H and O–H groups in total. The van der Waals surface area contributed by atoms with Gasteiger partial charge in [-0.2, -0.15) is 0 Å². The van der Waals surface area contributed by atoms with Gasteiger partial charge in [-0.3, -0.25) is 4.79 Å². The summed E-state index contributed by atoms with van der Waals surface area (Å²) in [6.45, 7) is 3.47. The standard InChI is InChI=1S/C18H24O6/c1-13(19)11-18(21)24-14(2)16(9-10-17(20)22-3)23-12-15-7-5-4-6-8-15/h4-10,13-14,16,19H,11-12H2,1-3H3/b10-9+/t13-,14-,16+/m0/s1. The number of aliphatic hydroxyl groups is 1. The van der Waals surface area contributed by atoms with Crippen molar-refractivity contribution in [1.29, 1.82) is 0 Å². The third-order valence-corrected chi connectivity index (χ3v) is 3.15. The minimum absolute atomic E-state index is 0.101. The Morgan fingerprint density at radius 2 is 1.88 bits per heavy atom. The van der Waals surface area contributed by atoms with Gasteiger partial charge in [0.05, 0.1) is 26.2 Å². The molecule has 0 spiro atoms. The number of ether oxygens (including phenoxy) is 3. The largest absolute Gasteiger partial charge is 0.466 e. The van der Waals surface area contributed by atoms with Gasteiger partial charge in [0, 0.05) is 6.08 Å². The lowest BCUT2D eigenvalue weighted by molar-refractivity contribution is -0.156. The minimum Gasteiger partial charge on any atom is -0.466 e. The molecule has 0 saturated carbocycles. The van der Waals surface area contributed by atoms with E-state index in [0.29, 0.717) is 6.61 Å². The SMILES string of the molecule is COC(=O)/C=C/[C@@H](OCc1ccccc1)[C@H](C)OC(=O)C[C@H](C)O. The van der Waals surface area contributed by atoms with Gasteiger partial charge in [-0.05, 0) is 25.5 Å². The van der Waals surface area contributed by atoms with Gasteiger partial charge in [0.25, 0.3) is 0 Å². The number of aliphatic hydroxyl groups excluding tert-OH is 1. The first-order valence-corrected chi connectivity index (χ1v) is 7.71. The van der Waals surface area contributed by atoms with Gasteiger partial charge in [-0.25, -0.2) is 4.79 Å². The molecule has 1 rings (SSSR count). The number of esters is 2. The molecule has 0 fully saturated rings. The molecule has 0 amide bonds. The molecule has 6 nitrogen and oxygen atoms in total. The Labute approximate surface area is 142 Å². The molecule has 132 valence electrons. The zero-order valence-corrected chi connectivity index (χ0v) is 14.2. The van der Waals surface area contributed by atoms with E-state index >= 15 is 0 Å². The first kappa shape index (κ1) is 19.9. The number of hydrogen-bond donors (Lipinski definition) is 1. The van der Waals surface area contributed by atoms with Crippen molar-refractivity contribution < 1.29 is 28.9 Å². The van der Waals surface area contributed by atoms with Crippen LogP contribution in [0, 0.1) is 0 Å². The number of rotatable bonds is 9. The molecule has 0 aliphatic heterocycles. The highest BCUT2D eigenvalue weighted by Gasteiger charge is 2.21. The zero-order valence-electron chi connectivity index (χ0n) is 14.2. The summed E-state index contributed by atoms with van der Waals surface area (Å²) in [7, 11) is 1.28. The van der Waals surface area contributed by atoms with Crippen LogP contribution in [-0.2, 0) is 30.4 Å². The predicted octanol–water partition coefficient (Wildman–Crippen LogP) is 2.00. The van der Waals surface area contributed by atoms with E-state index in [0.717, 1.165) is 5.56 Å². The predicted molar refractivity (Wildman–Crippen MR) is 88.0 cm³/mol. The molecule has 3 atom stereocenters. The molecule has 6 heteroatoms. The fraction of sp³-hybridized carbons (Fsp3) is 0.444. The summed E-state index contributed by atoms with van der Waals surface area (Å²) >= 11 is 0. The molecule has 1 aromatic rings. The Morgan fingerprint density at radius 3 is 2.46 bits per heavy atom. The molecule has 0 aliphatic carbocycles. The Kier molecular flexibility index (Phi) is 8.75. The summed E-state index contributed by atoms with van der Waals surface area (Å²) in [6, 6.07) is 9.50. The summed E-state index contributed by atoms with van der Waals surface area (Å²) in [5.74, 6) is -1.05. The van der Waals surface area contributed by atoms with Crippen molar-refractivity contribution >= 4 is 11.9 Å². The first-order valence-electron chi connectivity index (χ1n) is 7.71. The molecule has 1 aromatic carbocycles. The van der Waals surface area contributed by atoms with Crippen LogP contribution in [0.2, 0.25) is 0 Å². The first-order chi connectivity index (χ1) is 11.4. The van der Waals surface area contributed by atoms with Gasteiger partial charge in [0.15, 0.2) is 0 Å². The van der Waals surface area contributed by atoms with E-state index in [9.17, 15) is 14.7 Å². The van der Waals surface area contributed by atoms with Crippen molar-refractivity contribution in [2.75, 3.05) is 7.11 Å². The Balaban J connectivity index is 2.70. The second-order valence-electron chi connectivity index (χ2n) is 5.39. The lowest BCUT2D eigenvalue weighted by Gasteiger charge is -2.22. The van der Waals surface area contributed by atoms with Crippen LogP contribution in [0.3, 0.4) is 0 Å². The molecular weight excluding hydrogens is 312 g/mol. The number of carbonyl (C=O) groups excluding carboxylic acids is 2. The molecule has 0 aromatic heterocycles. The topological polar surface area (TPSA) is 82.1 Å². The summed E-state index contributed by atoms with van der Waals surface area (Å²) in [6.07, 6.45) is 0.599. The molecule has 0 saturated heterocycles. The maximum atomic E-state index is 11.7. The van der Waals surface area contributed by atoms with E-state index in [-0.39, 0.29) is 6.42 Å². The fourth-order valence-electron chi connectivity index (χ4n) is 1.92. The number of methoxy groups -OCH3 is 1. The van der Waals surface area contributed by atoms with Crippen molar-refractivity contribution in [3.8, 4) is 0 Å². The lowest BCUT2D eigenvalue weighted by Crippen LogP contribution is -2.30. The highest BCUT2D eigenvalue weighted by atomic mass is 16.6. The number of benzene rings is 1. The lowest BCUT2D eigenvalue weighted by atomic mass is 10.2. The molecule has 0 bridgehead atoms. The van der Waals surface area contributed by atoms with E-state index in [1.165, 1.54) is 26.2 Å². The average molecular weight is 336 g/mol. The highest BCUT2D eigenvalue weighted by molar-refractivity contribution is 5.81. The Hall–Kier alpha value is -2.18. The summed E-state index contributed by atoms with van der Waals surface area (Å²) < 4.78 is 15.6. The van der Waals surface area contributed by atoms with Gasteiger partial charge >= 0.3 is 11.9 Å². The van der Waals surface area contributed by atoms with Crippen molar-refractivity contribution in [2.45, 2.75) is 45.2 Å². The van der Waals surface area contributed by atoms with E-state index in [2.05, 4.69) is 4.74 Å². The van der Waals surface area contributed by atoms with Crippen molar-refractivity contribution in [1.82, 2.24) is 0 Å². The van der Waals surface area contributed by atoms with Crippen LogP contribution >= 0.6 is 0 Å². The van der Waals surface area contributed by atoms with Crippen LogP contribution in [0.4, 0.5) is 0 Å². The smallest absolute Gasteiger partial charge is 0.330 e. The van der Waals surface area contributed by atoms with Crippen molar-refractivity contribution in [2.24, 2.45) is 0 Å². The van der Waals surface area contributed by atoms with Crippen molar-refractivity contribution in [3.63, 3.8) is 0 Å². The number of carbonyl (C=O) groups is 2. The van der Waals surface area contributed by atoms with E-state index in [4.69, 9.17) is 9.47 Å². The molecular formula is C18H24O6. The quantitative estimate of drug-likeness (QED) is 0.549. The summed E-state index contributed by atoms with van der Waals surface area (Å²) in [4.78, 5) is 23.0. The van der Waals surface area contributed by atoms with Crippen LogP contribution in [0.1, 0.15) is 25.8 Å². The van der Waals surface area contributed by atoms with Crippen LogP contribution in [-0.4, -0.2) is 42.5 Å². The monoisotopic (exact) mass is 336 g/mol. The molecule has 0 heterocycles. The van der Waals surface area contributed by atoms with E-state index < -0.39 is 30.3 Å². The average Bonchev–Trinajstić information content (AvgIpc) is 2.54. The maximum Gasteiger partial charge on any atom is 0.330 e. The van der Waals surface area contributed by atoms with Gasteiger partial charge < -0.3 is 19.3 Å². The third-order valence-electron chi connectivity index (χ3n) is 3.15. The van der Waals surface area contributed by atoms with Crippen LogP contribution in [0.5, 0.6) is 0 Å². The van der Waals surface area contributed by atoms with Gasteiger partial charge in [0.1, 0.15) is 12.2 Å². The Bertz CT molecular complexity index is 538. The van der Waals surface area contributed by atoms with Crippen LogP contribution in [0.15, 0.2) is 42.5 Å². The second kappa shape index (κ2) is 10.6. The Morgan fingerprint density at radius 1 is 1.21 bits per heavy atom. The van der Waals surface area contributed by atoms with E-state index in [1.807, 2.05) is 30.3 Å². The fourth-order valence-corrected chi connectivity index (χ4v) is 1.92. The number of hydrogen-bond acceptors (Lipinski definition) is 6. The van der Waals surface area contributed by atoms with Crippen LogP contribution in [0.25, 0.3) is 0 Å². The molecule has 24 heavy (non-hydrogen) atoms. The molecule has 0 radical (unpaired) electrons. The summed E-state index contributed by atoms with van der Waals surface area (Å²) in [5, 5.41) is 9.23. The normalized spacial score (nSPS) is 14.8. The zero-order chi connectivity index (χ0) is 17.9. The highest BCUT2D eigenvalue weighted by Crippen LogP contribution is 2.12. The second-order valence-corrected chi connectivity index (χ2v) is 5.39. The maximum absolute atomic E-state index is 11.7. The molecule has 0 aliphatic rings. The van der Waals surface area contributed by atoms with Gasteiger partial charge in [-0.1, -0.05) is 30.3 Å². The summed E-state index contributed by atoms with van der Waals surface area (Å²) in [5.41, 5.74) is 0.955. The minimum atomic E-state index is -0.779. The van der Waals surface area contributed by atoms with Crippen molar-refractivity contribution in [3.05, 3.63) is 48.0 Å². The van der Waals surface area contributed by atoms with Crippen LogP contribution < -0.4 is 0 Å². The van der Waals surface area contributed by atoms with Gasteiger partial charge in [-0.15, -0.1) is 0 Å². The third kappa shape index (κ3) is 7.89. The molecule has 0 unspecified atom stereocenters.